The van der Waals surface area contributed by atoms with Crippen LogP contribution in [0.1, 0.15) is 10.4 Å². The third kappa shape index (κ3) is 1.48. The number of aromatic carboxylic acids is 1. The molecule has 0 saturated carbocycles. The first-order chi connectivity index (χ1) is 7.00. The van der Waals surface area contributed by atoms with Crippen molar-refractivity contribution in [2.24, 2.45) is 7.05 Å². The van der Waals surface area contributed by atoms with E-state index < -0.39 is 5.97 Å². The van der Waals surface area contributed by atoms with E-state index in [4.69, 9.17) is 10.8 Å². The Bertz CT molecular complexity index is 560. The number of fused-ring (bicyclic) bond motifs is 1. The van der Waals surface area contributed by atoms with Gasteiger partial charge in [0.25, 0.3) is 0 Å². The van der Waals surface area contributed by atoms with Gasteiger partial charge in [-0.3, -0.25) is 0 Å². The largest absolute Gasteiger partial charge is 0.478 e. The number of halogens is 1. The van der Waals surface area contributed by atoms with Gasteiger partial charge in [-0.1, -0.05) is 0 Å². The van der Waals surface area contributed by atoms with Crippen molar-refractivity contribution in [3.8, 4) is 0 Å². The molecule has 2 aromatic rings. The predicted octanol–water partition coefficient (Wildman–Crippen LogP) is 2.22. The van der Waals surface area contributed by atoms with Crippen molar-refractivity contribution in [2.45, 2.75) is 0 Å². The Balaban J connectivity index is 2.87. The third-order valence-corrected chi connectivity index (χ3v) is 2.92. The molecule has 15 heavy (non-hydrogen) atoms. The van der Waals surface area contributed by atoms with Crippen LogP contribution in [0.25, 0.3) is 10.9 Å². The van der Waals surface area contributed by atoms with Crippen molar-refractivity contribution < 1.29 is 9.90 Å². The second-order valence-electron chi connectivity index (χ2n) is 3.35. The van der Waals surface area contributed by atoms with Crippen molar-refractivity contribution in [2.75, 3.05) is 5.73 Å². The summed E-state index contributed by atoms with van der Waals surface area (Å²) in [6.45, 7) is 0. The van der Waals surface area contributed by atoms with Crippen LogP contribution < -0.4 is 5.73 Å². The van der Waals surface area contributed by atoms with Gasteiger partial charge in [0.15, 0.2) is 0 Å². The molecule has 2 rings (SSSR count). The smallest absolute Gasteiger partial charge is 0.335 e. The van der Waals surface area contributed by atoms with Crippen LogP contribution in [-0.4, -0.2) is 15.6 Å². The Morgan fingerprint density at radius 3 is 2.80 bits per heavy atom. The Morgan fingerprint density at radius 1 is 1.53 bits per heavy atom. The van der Waals surface area contributed by atoms with Gasteiger partial charge < -0.3 is 15.4 Å². The highest BCUT2D eigenvalue weighted by atomic mass is 79.9. The summed E-state index contributed by atoms with van der Waals surface area (Å²) < 4.78 is 2.71. The molecule has 0 amide bonds. The molecular weight excluding hydrogens is 260 g/mol. The van der Waals surface area contributed by atoms with E-state index in [-0.39, 0.29) is 5.56 Å². The molecule has 1 aromatic heterocycles. The van der Waals surface area contributed by atoms with Gasteiger partial charge in [0, 0.05) is 28.8 Å². The Hall–Kier alpha value is -1.49. The van der Waals surface area contributed by atoms with Crippen molar-refractivity contribution >= 4 is 38.5 Å². The molecule has 3 N–H and O–H groups in total. The van der Waals surface area contributed by atoms with E-state index in [1.807, 2.05) is 17.8 Å². The number of rotatable bonds is 1. The van der Waals surface area contributed by atoms with Gasteiger partial charge in [-0.25, -0.2) is 4.79 Å². The number of nitrogens with two attached hydrogens (primary N) is 1. The maximum atomic E-state index is 10.8. The van der Waals surface area contributed by atoms with Crippen LogP contribution in [0.5, 0.6) is 0 Å². The number of benzene rings is 1. The Morgan fingerprint density at radius 2 is 2.20 bits per heavy atom. The predicted molar refractivity (Wildman–Crippen MR) is 62.0 cm³/mol. The number of nitrogens with zero attached hydrogens (tertiary/aromatic N) is 1. The van der Waals surface area contributed by atoms with E-state index >= 15 is 0 Å². The average Bonchev–Trinajstić information content (AvgIpc) is 2.42. The van der Waals surface area contributed by atoms with Crippen molar-refractivity contribution in [1.29, 1.82) is 0 Å². The maximum absolute atomic E-state index is 10.8. The summed E-state index contributed by atoms with van der Waals surface area (Å²) in [5.74, 6) is -0.971. The summed E-state index contributed by atoms with van der Waals surface area (Å²) in [5.41, 5.74) is 7.28. The van der Waals surface area contributed by atoms with E-state index in [2.05, 4.69) is 15.9 Å². The number of nitrogen functional groups attached to an aromatic ring is 1. The highest BCUT2D eigenvalue weighted by Gasteiger charge is 2.12. The zero-order valence-corrected chi connectivity index (χ0v) is 9.58. The van der Waals surface area contributed by atoms with Gasteiger partial charge in [-0.15, -0.1) is 0 Å². The molecule has 0 radical (unpaired) electrons. The normalized spacial score (nSPS) is 10.8. The van der Waals surface area contributed by atoms with Crippen molar-refractivity contribution in [3.05, 3.63) is 28.4 Å². The minimum absolute atomic E-state index is 0.203. The fourth-order valence-corrected chi connectivity index (χ4v) is 2.35. The van der Waals surface area contributed by atoms with Crippen LogP contribution in [0, 0.1) is 0 Å². The molecule has 5 heteroatoms. The van der Waals surface area contributed by atoms with Gasteiger partial charge in [0.2, 0.25) is 0 Å². The number of carbonyl (C=O) groups is 1. The molecule has 0 aliphatic rings. The lowest BCUT2D eigenvalue weighted by Crippen LogP contribution is -1.99. The van der Waals surface area contributed by atoms with Crippen molar-refractivity contribution in [1.82, 2.24) is 4.57 Å². The number of carboxylic acid groups (broad SMARTS) is 1. The summed E-state index contributed by atoms with van der Waals surface area (Å²) in [5, 5.41) is 9.74. The number of carboxylic acids is 1. The highest BCUT2D eigenvalue weighted by molar-refractivity contribution is 9.10. The van der Waals surface area contributed by atoms with Crippen LogP contribution in [0.2, 0.25) is 0 Å². The van der Waals surface area contributed by atoms with Crippen LogP contribution in [0.15, 0.2) is 22.8 Å². The summed E-state index contributed by atoms with van der Waals surface area (Å²) in [6.07, 6.45) is 1.85. The lowest BCUT2D eigenvalue weighted by molar-refractivity contribution is 0.0697. The van der Waals surface area contributed by atoms with E-state index in [0.717, 1.165) is 15.4 Å². The lowest BCUT2D eigenvalue weighted by atomic mass is 10.1. The minimum Gasteiger partial charge on any atom is -0.478 e. The van der Waals surface area contributed by atoms with Crippen molar-refractivity contribution in [3.63, 3.8) is 0 Å². The topological polar surface area (TPSA) is 68.2 Å². The number of aromatic nitrogens is 1. The second-order valence-corrected chi connectivity index (χ2v) is 4.21. The molecule has 1 heterocycles. The van der Waals surface area contributed by atoms with Gasteiger partial charge >= 0.3 is 5.97 Å². The Labute approximate surface area is 94.4 Å². The fraction of sp³-hybridized carbons (Fsp3) is 0.100. The molecular formula is C10H9BrN2O2. The molecule has 0 atom stereocenters. The molecule has 0 fully saturated rings. The van der Waals surface area contributed by atoms with Gasteiger partial charge in [0.1, 0.15) is 0 Å². The van der Waals surface area contributed by atoms with E-state index in [0.29, 0.717) is 5.69 Å². The quantitative estimate of drug-likeness (QED) is 0.780. The summed E-state index contributed by atoms with van der Waals surface area (Å²) in [6, 6.07) is 3.08. The molecule has 0 aliphatic heterocycles. The first kappa shape index (κ1) is 10.0. The molecule has 4 nitrogen and oxygen atoms in total. The van der Waals surface area contributed by atoms with Crippen LogP contribution >= 0.6 is 15.9 Å². The molecule has 0 bridgehead atoms. The second kappa shape index (κ2) is 3.27. The minimum atomic E-state index is -0.971. The molecule has 0 saturated heterocycles. The van der Waals surface area contributed by atoms with E-state index in [1.54, 1.807) is 6.07 Å². The zero-order valence-electron chi connectivity index (χ0n) is 7.99. The first-order valence-electron chi connectivity index (χ1n) is 4.28. The summed E-state index contributed by atoms with van der Waals surface area (Å²) in [7, 11) is 1.85. The zero-order chi connectivity index (χ0) is 11.2. The van der Waals surface area contributed by atoms with Crippen LogP contribution in [0.4, 0.5) is 5.69 Å². The number of aryl methyl sites for hydroxylation is 1. The van der Waals surface area contributed by atoms with Gasteiger partial charge in [-0.05, 0) is 28.1 Å². The monoisotopic (exact) mass is 268 g/mol. The average molecular weight is 269 g/mol. The van der Waals surface area contributed by atoms with E-state index in [1.165, 1.54) is 6.07 Å². The fourth-order valence-electron chi connectivity index (χ4n) is 1.61. The molecule has 0 aliphatic carbocycles. The van der Waals surface area contributed by atoms with Gasteiger partial charge in [0.05, 0.1) is 11.1 Å². The standard InChI is InChI=1S/C10H9BrN2O2/c1-13-4-6(11)9-7(12)2-5(10(14)15)3-8(9)13/h2-4H,12H2,1H3,(H,14,15). The third-order valence-electron chi connectivity index (χ3n) is 2.32. The lowest BCUT2D eigenvalue weighted by Gasteiger charge is -2.02. The van der Waals surface area contributed by atoms with E-state index in [9.17, 15) is 4.79 Å². The first-order valence-corrected chi connectivity index (χ1v) is 5.07. The Kier molecular flexibility index (Phi) is 2.19. The summed E-state index contributed by atoms with van der Waals surface area (Å²) >= 11 is 3.38. The van der Waals surface area contributed by atoms with Crippen LogP contribution in [-0.2, 0) is 7.05 Å². The highest BCUT2D eigenvalue weighted by Crippen LogP contribution is 2.31. The SMILES string of the molecule is Cn1cc(Br)c2c(N)cc(C(=O)O)cc21. The molecule has 1 aromatic carbocycles. The molecule has 0 spiro atoms. The molecule has 0 unspecified atom stereocenters. The number of anilines is 1. The maximum Gasteiger partial charge on any atom is 0.335 e. The number of hydrogen-bond acceptors (Lipinski definition) is 2. The number of hydrogen-bond donors (Lipinski definition) is 2. The van der Waals surface area contributed by atoms with Gasteiger partial charge in [-0.2, -0.15) is 0 Å². The summed E-state index contributed by atoms with van der Waals surface area (Å²) in [4.78, 5) is 10.8. The van der Waals surface area contributed by atoms with Crippen LogP contribution in [0.3, 0.4) is 0 Å². The molecule has 78 valence electrons.